The molecule has 6 heteroatoms. The van der Waals surface area contributed by atoms with Gasteiger partial charge in [-0.3, -0.25) is 9.69 Å². The second-order valence-electron chi connectivity index (χ2n) is 5.84. The van der Waals surface area contributed by atoms with Gasteiger partial charge in [0.05, 0.1) is 19.4 Å². The fraction of sp³-hybridized carbons (Fsp3) is 0.263. The standard InChI is InChI=1S/C19H20FN3O2/c20-18-7-3-15(4-8-18)13-21-22-19(24)17-5-1-16(2-6-17)14-23-9-11-25-12-10-23/h1-8,13H,9-12,14H2,(H,22,24). The molecule has 0 atom stereocenters. The number of nitrogens with one attached hydrogen (secondary N) is 1. The molecule has 1 saturated heterocycles. The molecule has 0 spiro atoms. The lowest BCUT2D eigenvalue weighted by molar-refractivity contribution is 0.0342. The van der Waals surface area contributed by atoms with E-state index in [0.717, 1.165) is 38.4 Å². The summed E-state index contributed by atoms with van der Waals surface area (Å²) in [6.07, 6.45) is 1.48. The summed E-state index contributed by atoms with van der Waals surface area (Å²) < 4.78 is 18.2. The van der Waals surface area contributed by atoms with E-state index >= 15 is 0 Å². The minimum atomic E-state index is -0.307. The van der Waals surface area contributed by atoms with Crippen molar-refractivity contribution in [2.75, 3.05) is 26.3 Å². The van der Waals surface area contributed by atoms with E-state index in [0.29, 0.717) is 11.1 Å². The molecule has 1 aliphatic rings. The van der Waals surface area contributed by atoms with Gasteiger partial charge < -0.3 is 4.74 Å². The summed E-state index contributed by atoms with van der Waals surface area (Å²) >= 11 is 0. The Balaban J connectivity index is 1.52. The summed E-state index contributed by atoms with van der Waals surface area (Å²) in [5, 5.41) is 3.89. The summed E-state index contributed by atoms with van der Waals surface area (Å²) in [6, 6.07) is 13.3. The van der Waals surface area contributed by atoms with Crippen LogP contribution in [0.25, 0.3) is 0 Å². The summed E-state index contributed by atoms with van der Waals surface area (Å²) in [5.41, 5.74) is 4.89. The molecule has 5 nitrogen and oxygen atoms in total. The molecule has 2 aromatic rings. The molecule has 130 valence electrons. The molecule has 0 aliphatic carbocycles. The Morgan fingerprint density at radius 2 is 1.80 bits per heavy atom. The van der Waals surface area contributed by atoms with E-state index in [1.54, 1.807) is 24.3 Å². The van der Waals surface area contributed by atoms with Crippen LogP contribution in [0.1, 0.15) is 21.5 Å². The predicted octanol–water partition coefficient (Wildman–Crippen LogP) is 2.42. The average Bonchev–Trinajstić information content (AvgIpc) is 2.65. The molecular weight excluding hydrogens is 321 g/mol. The lowest BCUT2D eigenvalue weighted by Gasteiger charge is -2.26. The van der Waals surface area contributed by atoms with Crippen molar-refractivity contribution < 1.29 is 13.9 Å². The first-order chi connectivity index (χ1) is 12.2. The molecule has 0 saturated carbocycles. The minimum Gasteiger partial charge on any atom is -0.379 e. The summed E-state index contributed by atoms with van der Waals surface area (Å²) in [5.74, 6) is -0.588. The van der Waals surface area contributed by atoms with Crippen LogP contribution in [0.4, 0.5) is 4.39 Å². The maximum absolute atomic E-state index is 12.8. The number of morpholine rings is 1. The van der Waals surface area contributed by atoms with Crippen LogP contribution in [0.2, 0.25) is 0 Å². The molecule has 1 fully saturated rings. The number of benzene rings is 2. The van der Waals surface area contributed by atoms with Crippen LogP contribution >= 0.6 is 0 Å². The highest BCUT2D eigenvalue weighted by Gasteiger charge is 2.11. The number of carbonyl (C=O) groups excluding carboxylic acids is 1. The number of carbonyl (C=O) groups is 1. The minimum absolute atomic E-state index is 0.281. The van der Waals surface area contributed by atoms with Crippen LogP contribution < -0.4 is 5.43 Å². The van der Waals surface area contributed by atoms with Crippen molar-refractivity contribution >= 4 is 12.1 Å². The van der Waals surface area contributed by atoms with E-state index in [1.165, 1.54) is 18.3 Å². The summed E-state index contributed by atoms with van der Waals surface area (Å²) in [4.78, 5) is 14.4. The molecule has 2 aromatic carbocycles. The number of hydrazone groups is 1. The first kappa shape index (κ1) is 17.3. The Hall–Kier alpha value is -2.57. The largest absolute Gasteiger partial charge is 0.379 e. The van der Waals surface area contributed by atoms with Crippen molar-refractivity contribution in [2.45, 2.75) is 6.54 Å². The van der Waals surface area contributed by atoms with Crippen molar-refractivity contribution in [3.8, 4) is 0 Å². The number of hydrogen-bond donors (Lipinski definition) is 1. The number of hydrogen-bond acceptors (Lipinski definition) is 4. The van der Waals surface area contributed by atoms with Gasteiger partial charge in [-0.05, 0) is 35.4 Å². The predicted molar refractivity (Wildman–Crippen MR) is 94.0 cm³/mol. The van der Waals surface area contributed by atoms with Gasteiger partial charge in [-0.1, -0.05) is 24.3 Å². The zero-order valence-corrected chi connectivity index (χ0v) is 13.8. The van der Waals surface area contributed by atoms with Crippen LogP contribution in [-0.4, -0.2) is 43.3 Å². The molecule has 3 rings (SSSR count). The molecule has 1 N–H and O–H groups in total. The fourth-order valence-electron chi connectivity index (χ4n) is 2.56. The van der Waals surface area contributed by atoms with Gasteiger partial charge >= 0.3 is 0 Å². The number of amides is 1. The van der Waals surface area contributed by atoms with E-state index in [1.807, 2.05) is 12.1 Å². The van der Waals surface area contributed by atoms with Crippen molar-refractivity contribution in [3.05, 3.63) is 71.0 Å². The van der Waals surface area contributed by atoms with E-state index < -0.39 is 0 Å². The Bertz CT molecular complexity index is 723. The van der Waals surface area contributed by atoms with Crippen LogP contribution in [0.15, 0.2) is 53.6 Å². The number of ether oxygens (including phenoxy) is 1. The van der Waals surface area contributed by atoms with E-state index in [-0.39, 0.29) is 11.7 Å². The van der Waals surface area contributed by atoms with Gasteiger partial charge in [-0.15, -0.1) is 0 Å². The zero-order valence-electron chi connectivity index (χ0n) is 13.8. The molecule has 0 radical (unpaired) electrons. The maximum atomic E-state index is 12.8. The smallest absolute Gasteiger partial charge is 0.271 e. The van der Waals surface area contributed by atoms with E-state index in [4.69, 9.17) is 4.74 Å². The average molecular weight is 341 g/mol. The molecule has 0 unspecified atom stereocenters. The third-order valence-electron chi connectivity index (χ3n) is 3.98. The van der Waals surface area contributed by atoms with Crippen molar-refractivity contribution in [2.24, 2.45) is 5.10 Å². The lowest BCUT2D eigenvalue weighted by atomic mass is 10.1. The van der Waals surface area contributed by atoms with Crippen LogP contribution in [0.5, 0.6) is 0 Å². The monoisotopic (exact) mass is 341 g/mol. The van der Waals surface area contributed by atoms with E-state index in [9.17, 15) is 9.18 Å². The highest BCUT2D eigenvalue weighted by atomic mass is 19.1. The summed E-state index contributed by atoms with van der Waals surface area (Å²) in [7, 11) is 0. The number of halogens is 1. The molecule has 0 aromatic heterocycles. The molecule has 1 aliphatic heterocycles. The molecule has 1 amide bonds. The summed E-state index contributed by atoms with van der Waals surface area (Å²) in [6.45, 7) is 4.26. The number of nitrogens with zero attached hydrogens (tertiary/aromatic N) is 2. The molecule has 1 heterocycles. The zero-order chi connectivity index (χ0) is 17.5. The maximum Gasteiger partial charge on any atom is 0.271 e. The van der Waals surface area contributed by atoms with Crippen molar-refractivity contribution in [3.63, 3.8) is 0 Å². The topological polar surface area (TPSA) is 53.9 Å². The Morgan fingerprint density at radius 3 is 2.48 bits per heavy atom. The van der Waals surface area contributed by atoms with Gasteiger partial charge in [-0.2, -0.15) is 5.10 Å². The Labute approximate surface area is 146 Å². The van der Waals surface area contributed by atoms with Gasteiger partial charge in [0.15, 0.2) is 0 Å². The fourth-order valence-corrected chi connectivity index (χ4v) is 2.56. The van der Waals surface area contributed by atoms with Crippen LogP contribution in [0.3, 0.4) is 0 Å². The van der Waals surface area contributed by atoms with Gasteiger partial charge in [0.1, 0.15) is 5.82 Å². The van der Waals surface area contributed by atoms with Gasteiger partial charge in [0, 0.05) is 25.2 Å². The number of rotatable bonds is 5. The van der Waals surface area contributed by atoms with Gasteiger partial charge in [0.25, 0.3) is 5.91 Å². The molecule has 25 heavy (non-hydrogen) atoms. The molecule has 0 bridgehead atoms. The van der Waals surface area contributed by atoms with Crippen molar-refractivity contribution in [1.82, 2.24) is 10.3 Å². The third kappa shape index (κ3) is 5.20. The van der Waals surface area contributed by atoms with Gasteiger partial charge in [0.2, 0.25) is 0 Å². The highest BCUT2D eigenvalue weighted by molar-refractivity contribution is 5.94. The van der Waals surface area contributed by atoms with Crippen LogP contribution in [-0.2, 0) is 11.3 Å². The first-order valence-electron chi connectivity index (χ1n) is 8.19. The Kier molecular flexibility index (Phi) is 5.87. The third-order valence-corrected chi connectivity index (χ3v) is 3.98. The normalized spacial score (nSPS) is 15.4. The molecular formula is C19H20FN3O2. The second-order valence-corrected chi connectivity index (χ2v) is 5.84. The Morgan fingerprint density at radius 1 is 1.12 bits per heavy atom. The van der Waals surface area contributed by atoms with Crippen molar-refractivity contribution in [1.29, 1.82) is 0 Å². The quantitative estimate of drug-likeness (QED) is 0.671. The second kappa shape index (κ2) is 8.50. The van der Waals surface area contributed by atoms with Crippen LogP contribution in [0, 0.1) is 5.82 Å². The highest BCUT2D eigenvalue weighted by Crippen LogP contribution is 2.09. The lowest BCUT2D eigenvalue weighted by Crippen LogP contribution is -2.35. The first-order valence-corrected chi connectivity index (χ1v) is 8.19. The SMILES string of the molecule is O=C(NN=Cc1ccc(F)cc1)c1ccc(CN2CCOCC2)cc1. The van der Waals surface area contributed by atoms with Gasteiger partial charge in [-0.25, -0.2) is 9.82 Å². The van der Waals surface area contributed by atoms with E-state index in [2.05, 4.69) is 15.4 Å².